The SMILES string of the molecule is CCCCN(CCCC)CC(OC(CN(CCCC)CCCC)c1ccccc1C(O)C(=O)c1ccccc1)c1ccccc1C(O)C(=O)c1ccccc1. The number of aliphatic hydroxyl groups excluding tert-OH is 2. The zero-order valence-electron chi connectivity index (χ0n) is 33.6. The summed E-state index contributed by atoms with van der Waals surface area (Å²) < 4.78 is 7.43. The van der Waals surface area contributed by atoms with Crippen LogP contribution < -0.4 is 0 Å². The third kappa shape index (κ3) is 13.0. The second kappa shape index (κ2) is 23.8. The number of nitrogens with zero attached hydrogens (tertiary/aromatic N) is 2. The number of unbranched alkanes of at least 4 members (excludes halogenated alkanes) is 4. The Morgan fingerprint density at radius 1 is 0.473 bits per heavy atom. The molecule has 0 radical (unpaired) electrons. The number of Topliss-reactive ketones (excluding diaryl/α,β-unsaturated/α-hetero) is 2. The van der Waals surface area contributed by atoms with E-state index in [1.54, 1.807) is 48.5 Å². The van der Waals surface area contributed by atoms with Crippen LogP contribution in [0.1, 0.15) is 146 Å². The third-order valence-electron chi connectivity index (χ3n) is 10.4. The topological polar surface area (TPSA) is 90.3 Å². The van der Waals surface area contributed by atoms with E-state index in [1.165, 1.54) is 0 Å². The normalized spacial score (nSPS) is 13.8. The van der Waals surface area contributed by atoms with E-state index in [1.807, 2.05) is 60.7 Å². The van der Waals surface area contributed by atoms with Gasteiger partial charge >= 0.3 is 0 Å². The number of aliphatic hydroxyl groups is 2. The lowest BCUT2D eigenvalue weighted by Crippen LogP contribution is -2.36. The number of ether oxygens (including phenoxy) is 1. The van der Waals surface area contributed by atoms with Crippen molar-refractivity contribution in [3.63, 3.8) is 0 Å². The molecule has 4 atom stereocenters. The smallest absolute Gasteiger partial charge is 0.195 e. The van der Waals surface area contributed by atoms with E-state index in [0.29, 0.717) is 35.3 Å². The van der Waals surface area contributed by atoms with Gasteiger partial charge in [-0.25, -0.2) is 0 Å². The Kier molecular flexibility index (Phi) is 19.0. The first-order valence-corrected chi connectivity index (χ1v) is 20.6. The standard InChI is InChI=1S/C48H64N2O5/c1-5-9-31-49(32-10-6-2)35-43(39-27-19-21-29-41(39)47(53)45(51)37-23-15-13-16-24-37)55-44(36-50(33-11-7-3)34-12-8-4)40-28-20-22-30-42(40)48(54)46(52)38-25-17-14-18-26-38/h13-30,43-44,47-48,53-54H,5-12,31-36H2,1-4H3. The van der Waals surface area contributed by atoms with E-state index in [9.17, 15) is 19.8 Å². The van der Waals surface area contributed by atoms with Crippen LogP contribution in [-0.4, -0.2) is 70.8 Å². The molecule has 2 N–H and O–H groups in total. The lowest BCUT2D eigenvalue weighted by molar-refractivity contribution is -0.0493. The fraction of sp³-hybridized carbons (Fsp3) is 0.458. The molecule has 0 aliphatic rings. The zero-order chi connectivity index (χ0) is 39.4. The lowest BCUT2D eigenvalue weighted by Gasteiger charge is -2.35. The molecular formula is C48H64N2O5. The minimum absolute atomic E-state index is 0.365. The predicted molar refractivity (Wildman–Crippen MR) is 223 cm³/mol. The number of benzene rings is 4. The lowest BCUT2D eigenvalue weighted by atomic mass is 9.91. The molecule has 0 fully saturated rings. The molecule has 0 aliphatic carbocycles. The minimum Gasteiger partial charge on any atom is -0.380 e. The molecule has 4 unspecified atom stereocenters. The van der Waals surface area contributed by atoms with Gasteiger partial charge in [-0.3, -0.25) is 9.59 Å². The van der Waals surface area contributed by atoms with Gasteiger partial charge in [-0.1, -0.05) is 163 Å². The summed E-state index contributed by atoms with van der Waals surface area (Å²) >= 11 is 0. The van der Waals surface area contributed by atoms with E-state index >= 15 is 0 Å². The largest absolute Gasteiger partial charge is 0.380 e. The van der Waals surface area contributed by atoms with Crippen molar-refractivity contribution in [1.82, 2.24) is 9.80 Å². The van der Waals surface area contributed by atoms with Gasteiger partial charge < -0.3 is 24.7 Å². The van der Waals surface area contributed by atoms with Gasteiger partial charge in [0.25, 0.3) is 0 Å². The minimum atomic E-state index is -1.38. The Bertz CT molecular complexity index is 1560. The summed E-state index contributed by atoms with van der Waals surface area (Å²) in [5.41, 5.74) is 3.45. The summed E-state index contributed by atoms with van der Waals surface area (Å²) in [5.74, 6) is -0.731. The molecule has 7 nitrogen and oxygen atoms in total. The molecule has 0 aliphatic heterocycles. The molecule has 55 heavy (non-hydrogen) atoms. The summed E-state index contributed by atoms with van der Waals surface area (Å²) in [7, 11) is 0. The van der Waals surface area contributed by atoms with E-state index in [2.05, 4.69) is 37.5 Å². The van der Waals surface area contributed by atoms with Crippen LogP contribution in [-0.2, 0) is 4.74 Å². The Hall–Kier alpha value is -3.98. The van der Waals surface area contributed by atoms with Crippen LogP contribution in [0.3, 0.4) is 0 Å². The van der Waals surface area contributed by atoms with Crippen LogP contribution in [0.4, 0.5) is 0 Å². The molecule has 296 valence electrons. The fourth-order valence-electron chi connectivity index (χ4n) is 7.12. The average molecular weight is 749 g/mol. The Morgan fingerprint density at radius 2 is 0.764 bits per heavy atom. The molecule has 0 saturated heterocycles. The van der Waals surface area contributed by atoms with E-state index in [4.69, 9.17) is 4.74 Å². The van der Waals surface area contributed by atoms with Gasteiger partial charge in [-0.2, -0.15) is 0 Å². The fourth-order valence-corrected chi connectivity index (χ4v) is 7.12. The van der Waals surface area contributed by atoms with Gasteiger partial charge in [0.1, 0.15) is 12.2 Å². The second-order valence-corrected chi connectivity index (χ2v) is 14.7. The highest BCUT2D eigenvalue weighted by Gasteiger charge is 2.32. The number of rotatable bonds is 26. The monoisotopic (exact) mass is 748 g/mol. The number of ketones is 2. The average Bonchev–Trinajstić information content (AvgIpc) is 3.24. The molecule has 4 rings (SSSR count). The number of hydrogen-bond donors (Lipinski definition) is 2. The zero-order valence-corrected chi connectivity index (χ0v) is 33.6. The molecule has 0 saturated carbocycles. The van der Waals surface area contributed by atoms with Gasteiger partial charge in [0.15, 0.2) is 11.6 Å². The van der Waals surface area contributed by atoms with Crippen molar-refractivity contribution >= 4 is 11.6 Å². The van der Waals surface area contributed by atoms with Crippen molar-refractivity contribution in [3.8, 4) is 0 Å². The first kappa shape index (κ1) is 43.7. The van der Waals surface area contributed by atoms with E-state index in [-0.39, 0.29) is 11.6 Å². The van der Waals surface area contributed by atoms with Crippen molar-refractivity contribution in [2.75, 3.05) is 39.3 Å². The van der Waals surface area contributed by atoms with Crippen LogP contribution in [0.5, 0.6) is 0 Å². The highest BCUT2D eigenvalue weighted by molar-refractivity contribution is 6.00. The van der Waals surface area contributed by atoms with E-state index < -0.39 is 24.4 Å². The summed E-state index contributed by atoms with van der Waals surface area (Å²) in [6.07, 6.45) is 4.53. The van der Waals surface area contributed by atoms with Crippen LogP contribution in [0.2, 0.25) is 0 Å². The van der Waals surface area contributed by atoms with Crippen LogP contribution in [0.15, 0.2) is 109 Å². The van der Waals surface area contributed by atoms with Crippen molar-refractivity contribution in [1.29, 1.82) is 0 Å². The van der Waals surface area contributed by atoms with Crippen molar-refractivity contribution in [2.45, 2.75) is 103 Å². The maximum atomic E-state index is 13.7. The van der Waals surface area contributed by atoms with Crippen molar-refractivity contribution in [2.24, 2.45) is 0 Å². The molecule has 4 aromatic rings. The van der Waals surface area contributed by atoms with Gasteiger partial charge in [0, 0.05) is 24.2 Å². The molecule has 0 amide bonds. The first-order valence-electron chi connectivity index (χ1n) is 20.6. The summed E-state index contributed by atoms with van der Waals surface area (Å²) in [6.45, 7) is 13.5. The molecule has 0 heterocycles. The number of hydrogen-bond acceptors (Lipinski definition) is 7. The van der Waals surface area contributed by atoms with Crippen LogP contribution in [0, 0.1) is 0 Å². The molecule has 4 aromatic carbocycles. The van der Waals surface area contributed by atoms with Crippen LogP contribution in [0.25, 0.3) is 0 Å². The van der Waals surface area contributed by atoms with Crippen LogP contribution >= 0.6 is 0 Å². The Balaban J connectivity index is 1.86. The number of carbonyl (C=O) groups excluding carboxylic acids is 2. The first-order chi connectivity index (χ1) is 26.8. The summed E-state index contributed by atoms with van der Waals surface area (Å²) in [6, 6.07) is 33.1. The second-order valence-electron chi connectivity index (χ2n) is 14.7. The molecule has 0 bridgehead atoms. The van der Waals surface area contributed by atoms with Gasteiger partial charge in [0.05, 0.1) is 12.2 Å². The third-order valence-corrected chi connectivity index (χ3v) is 10.4. The summed E-state index contributed by atoms with van der Waals surface area (Å²) in [4.78, 5) is 32.4. The predicted octanol–water partition coefficient (Wildman–Crippen LogP) is 10.1. The van der Waals surface area contributed by atoms with Gasteiger partial charge in [-0.05, 0) is 74.1 Å². The molecule has 0 aromatic heterocycles. The van der Waals surface area contributed by atoms with Gasteiger partial charge in [0.2, 0.25) is 0 Å². The van der Waals surface area contributed by atoms with Crippen molar-refractivity contribution < 1.29 is 24.5 Å². The summed E-state index contributed by atoms with van der Waals surface area (Å²) in [5, 5.41) is 23.5. The maximum Gasteiger partial charge on any atom is 0.195 e. The highest BCUT2D eigenvalue weighted by atomic mass is 16.5. The van der Waals surface area contributed by atoms with E-state index in [0.717, 1.165) is 88.7 Å². The molecular weight excluding hydrogens is 685 g/mol. The van der Waals surface area contributed by atoms with Gasteiger partial charge in [-0.15, -0.1) is 0 Å². The Morgan fingerprint density at radius 3 is 1.07 bits per heavy atom. The molecule has 7 heteroatoms. The molecule has 0 spiro atoms. The number of carbonyl (C=O) groups is 2. The maximum absolute atomic E-state index is 13.7. The Labute approximate surface area is 330 Å². The quantitative estimate of drug-likeness (QED) is 0.0618. The van der Waals surface area contributed by atoms with Crippen molar-refractivity contribution in [3.05, 3.63) is 143 Å². The highest BCUT2D eigenvalue weighted by Crippen LogP contribution is 2.37.